The Labute approximate surface area is 108 Å². The first-order chi connectivity index (χ1) is 8.25. The summed E-state index contributed by atoms with van der Waals surface area (Å²) in [6.07, 6.45) is 5.45. The molecule has 90 valence electrons. The first kappa shape index (κ1) is 12.3. The van der Waals surface area contributed by atoms with Crippen molar-refractivity contribution >= 4 is 15.9 Å². The highest BCUT2D eigenvalue weighted by Gasteiger charge is 2.01. The van der Waals surface area contributed by atoms with Gasteiger partial charge in [0.05, 0.1) is 6.33 Å². The summed E-state index contributed by atoms with van der Waals surface area (Å²) in [4.78, 5) is 3.96. The van der Waals surface area contributed by atoms with Crippen LogP contribution in [0.1, 0.15) is 5.56 Å². The van der Waals surface area contributed by atoms with E-state index in [2.05, 4.69) is 26.2 Å². The number of nitrogens with zero attached hydrogens (tertiary/aromatic N) is 2. The predicted molar refractivity (Wildman–Crippen MR) is 68.0 cm³/mol. The van der Waals surface area contributed by atoms with E-state index in [4.69, 9.17) is 0 Å². The molecular formula is C12H13BrFN3. The minimum absolute atomic E-state index is 0.209. The molecule has 0 bridgehead atoms. The Kier molecular flexibility index (Phi) is 4.28. The van der Waals surface area contributed by atoms with Crippen LogP contribution in [0.15, 0.2) is 41.4 Å². The van der Waals surface area contributed by atoms with Gasteiger partial charge in [0.2, 0.25) is 0 Å². The fourth-order valence-corrected chi connectivity index (χ4v) is 1.92. The Balaban J connectivity index is 1.80. The smallest absolute Gasteiger partial charge is 0.123 e. The second-order valence-corrected chi connectivity index (χ2v) is 4.57. The number of rotatable bonds is 5. The van der Waals surface area contributed by atoms with Crippen LogP contribution in [0, 0.1) is 5.82 Å². The molecule has 0 saturated carbocycles. The highest BCUT2D eigenvalue weighted by atomic mass is 79.9. The largest absolute Gasteiger partial charge is 0.336 e. The number of halogens is 2. The summed E-state index contributed by atoms with van der Waals surface area (Å²) in [7, 11) is 0. The van der Waals surface area contributed by atoms with Crippen molar-refractivity contribution < 1.29 is 4.39 Å². The van der Waals surface area contributed by atoms with Crippen molar-refractivity contribution in [3.8, 4) is 0 Å². The Morgan fingerprint density at radius 2 is 2.29 bits per heavy atom. The van der Waals surface area contributed by atoms with E-state index in [9.17, 15) is 4.39 Å². The standard InChI is InChI=1S/C12H13BrFN3/c13-12-2-1-11(14)7-10(12)8-15-3-5-17-6-4-16-9-17/h1-2,4,6-7,9,15H,3,5,8H2. The molecule has 0 amide bonds. The molecule has 2 rings (SSSR count). The Morgan fingerprint density at radius 3 is 3.06 bits per heavy atom. The van der Waals surface area contributed by atoms with Gasteiger partial charge in [-0.15, -0.1) is 0 Å². The molecule has 17 heavy (non-hydrogen) atoms. The van der Waals surface area contributed by atoms with E-state index in [1.807, 2.05) is 10.8 Å². The molecule has 3 nitrogen and oxygen atoms in total. The van der Waals surface area contributed by atoms with E-state index in [-0.39, 0.29) is 5.82 Å². The molecular weight excluding hydrogens is 285 g/mol. The average molecular weight is 298 g/mol. The van der Waals surface area contributed by atoms with Gasteiger partial charge >= 0.3 is 0 Å². The van der Waals surface area contributed by atoms with Crippen LogP contribution in [-0.4, -0.2) is 16.1 Å². The van der Waals surface area contributed by atoms with Crippen molar-refractivity contribution in [3.05, 3.63) is 52.8 Å². The van der Waals surface area contributed by atoms with Crippen LogP contribution < -0.4 is 5.32 Å². The van der Waals surface area contributed by atoms with E-state index in [1.54, 1.807) is 18.6 Å². The van der Waals surface area contributed by atoms with Crippen LogP contribution in [-0.2, 0) is 13.1 Å². The van der Waals surface area contributed by atoms with Crippen LogP contribution in [0.3, 0.4) is 0 Å². The molecule has 0 radical (unpaired) electrons. The lowest BCUT2D eigenvalue weighted by Crippen LogP contribution is -2.19. The van der Waals surface area contributed by atoms with Crippen LogP contribution in [0.2, 0.25) is 0 Å². The first-order valence-electron chi connectivity index (χ1n) is 5.36. The Bertz CT molecular complexity index is 471. The van der Waals surface area contributed by atoms with E-state index >= 15 is 0 Å². The summed E-state index contributed by atoms with van der Waals surface area (Å²) < 4.78 is 15.9. The van der Waals surface area contributed by atoms with Crippen molar-refractivity contribution in [2.24, 2.45) is 0 Å². The second kappa shape index (κ2) is 5.93. The zero-order valence-electron chi connectivity index (χ0n) is 9.24. The number of hydrogen-bond donors (Lipinski definition) is 1. The van der Waals surface area contributed by atoms with Gasteiger partial charge in [-0.1, -0.05) is 15.9 Å². The number of aromatic nitrogens is 2. The zero-order valence-corrected chi connectivity index (χ0v) is 10.8. The molecule has 1 N–H and O–H groups in total. The molecule has 2 aromatic rings. The van der Waals surface area contributed by atoms with Crippen LogP contribution >= 0.6 is 15.9 Å². The third-order valence-electron chi connectivity index (χ3n) is 2.43. The highest BCUT2D eigenvalue weighted by Crippen LogP contribution is 2.17. The molecule has 0 aliphatic heterocycles. The second-order valence-electron chi connectivity index (χ2n) is 3.71. The van der Waals surface area contributed by atoms with E-state index < -0.39 is 0 Å². The van der Waals surface area contributed by atoms with Gasteiger partial charge in [-0.05, 0) is 23.8 Å². The summed E-state index contributed by atoms with van der Waals surface area (Å²) in [6, 6.07) is 4.70. The molecule has 0 unspecified atom stereocenters. The maximum Gasteiger partial charge on any atom is 0.123 e. The van der Waals surface area contributed by atoms with Crippen molar-refractivity contribution in [2.45, 2.75) is 13.1 Å². The van der Waals surface area contributed by atoms with E-state index in [0.717, 1.165) is 23.1 Å². The van der Waals surface area contributed by atoms with Crippen LogP contribution in [0.4, 0.5) is 4.39 Å². The summed E-state index contributed by atoms with van der Waals surface area (Å²) >= 11 is 3.40. The lowest BCUT2D eigenvalue weighted by molar-refractivity contribution is 0.590. The average Bonchev–Trinajstić information content (AvgIpc) is 2.82. The van der Waals surface area contributed by atoms with Gasteiger partial charge in [0.1, 0.15) is 5.82 Å². The molecule has 0 aliphatic carbocycles. The first-order valence-corrected chi connectivity index (χ1v) is 6.15. The topological polar surface area (TPSA) is 29.9 Å². The van der Waals surface area contributed by atoms with Crippen molar-refractivity contribution in [2.75, 3.05) is 6.54 Å². The lowest BCUT2D eigenvalue weighted by atomic mass is 10.2. The van der Waals surface area contributed by atoms with Gasteiger partial charge in [0.25, 0.3) is 0 Å². The summed E-state index contributed by atoms with van der Waals surface area (Å²) in [6.45, 7) is 2.32. The van der Waals surface area contributed by atoms with Gasteiger partial charge in [0, 0.05) is 36.5 Å². The fraction of sp³-hybridized carbons (Fsp3) is 0.250. The van der Waals surface area contributed by atoms with Gasteiger partial charge in [-0.3, -0.25) is 0 Å². The van der Waals surface area contributed by atoms with Crippen LogP contribution in [0.25, 0.3) is 0 Å². The third-order valence-corrected chi connectivity index (χ3v) is 3.20. The summed E-state index contributed by atoms with van der Waals surface area (Å²) in [5, 5.41) is 3.26. The SMILES string of the molecule is Fc1ccc(Br)c(CNCCn2ccnc2)c1. The molecule has 1 heterocycles. The zero-order chi connectivity index (χ0) is 12.1. The minimum atomic E-state index is -0.209. The van der Waals surface area contributed by atoms with Crippen molar-refractivity contribution in [1.29, 1.82) is 0 Å². The fourth-order valence-electron chi connectivity index (χ4n) is 1.53. The Morgan fingerprint density at radius 1 is 1.41 bits per heavy atom. The molecule has 0 aliphatic rings. The number of hydrogen-bond acceptors (Lipinski definition) is 2. The van der Waals surface area contributed by atoms with Crippen LogP contribution in [0.5, 0.6) is 0 Å². The number of benzene rings is 1. The molecule has 5 heteroatoms. The van der Waals surface area contributed by atoms with E-state index in [0.29, 0.717) is 6.54 Å². The third kappa shape index (κ3) is 3.64. The number of imidazole rings is 1. The monoisotopic (exact) mass is 297 g/mol. The quantitative estimate of drug-likeness (QED) is 0.860. The highest BCUT2D eigenvalue weighted by molar-refractivity contribution is 9.10. The van der Waals surface area contributed by atoms with Crippen molar-refractivity contribution in [3.63, 3.8) is 0 Å². The normalized spacial score (nSPS) is 10.7. The molecule has 1 aromatic carbocycles. The minimum Gasteiger partial charge on any atom is -0.336 e. The maximum absolute atomic E-state index is 13.0. The van der Waals surface area contributed by atoms with Crippen molar-refractivity contribution in [1.82, 2.24) is 14.9 Å². The van der Waals surface area contributed by atoms with E-state index in [1.165, 1.54) is 12.1 Å². The molecule has 0 fully saturated rings. The molecule has 0 saturated heterocycles. The molecule has 1 aromatic heterocycles. The van der Waals surface area contributed by atoms with Gasteiger partial charge < -0.3 is 9.88 Å². The molecule has 0 spiro atoms. The van der Waals surface area contributed by atoms with Gasteiger partial charge in [-0.2, -0.15) is 0 Å². The lowest BCUT2D eigenvalue weighted by Gasteiger charge is -2.07. The van der Waals surface area contributed by atoms with Gasteiger partial charge in [0.15, 0.2) is 0 Å². The van der Waals surface area contributed by atoms with Gasteiger partial charge in [-0.25, -0.2) is 9.37 Å². The predicted octanol–water partition coefficient (Wildman–Crippen LogP) is 2.57. The Hall–Kier alpha value is -1.20. The summed E-state index contributed by atoms with van der Waals surface area (Å²) in [5.74, 6) is -0.209. The molecule has 0 atom stereocenters. The summed E-state index contributed by atoms with van der Waals surface area (Å²) in [5.41, 5.74) is 0.927. The number of nitrogens with one attached hydrogen (secondary N) is 1. The maximum atomic E-state index is 13.0.